The third kappa shape index (κ3) is 6.16. The summed E-state index contributed by atoms with van der Waals surface area (Å²) in [5.74, 6) is -0.747. The molecule has 4 heteroatoms. The molecule has 0 spiro atoms. The van der Waals surface area contributed by atoms with Crippen molar-refractivity contribution in [3.8, 4) is 0 Å². The molecule has 23 heavy (non-hydrogen) atoms. The van der Waals surface area contributed by atoms with E-state index < -0.39 is 5.97 Å². The summed E-state index contributed by atoms with van der Waals surface area (Å²) in [6.07, 6.45) is 1.64. The van der Waals surface area contributed by atoms with E-state index in [4.69, 9.17) is 5.11 Å². The van der Waals surface area contributed by atoms with E-state index in [0.717, 1.165) is 17.4 Å². The molecular formula is C19H22BrNO2. The van der Waals surface area contributed by atoms with Gasteiger partial charge in [-0.3, -0.25) is 4.79 Å². The van der Waals surface area contributed by atoms with E-state index >= 15 is 0 Å². The zero-order chi connectivity index (χ0) is 16.7. The topological polar surface area (TPSA) is 49.3 Å². The maximum absolute atomic E-state index is 10.9. The summed E-state index contributed by atoms with van der Waals surface area (Å²) in [7, 11) is 0. The lowest BCUT2D eigenvalue weighted by molar-refractivity contribution is -0.137. The van der Waals surface area contributed by atoms with E-state index in [0.29, 0.717) is 6.42 Å². The van der Waals surface area contributed by atoms with Crippen LogP contribution < -0.4 is 5.32 Å². The van der Waals surface area contributed by atoms with Gasteiger partial charge in [-0.25, -0.2) is 0 Å². The van der Waals surface area contributed by atoms with Crippen molar-refractivity contribution in [2.24, 2.45) is 0 Å². The van der Waals surface area contributed by atoms with Gasteiger partial charge in [0.15, 0.2) is 0 Å². The lowest BCUT2D eigenvalue weighted by Gasteiger charge is -2.18. The number of hydrogen-bond acceptors (Lipinski definition) is 2. The average Bonchev–Trinajstić information content (AvgIpc) is 2.54. The van der Waals surface area contributed by atoms with Crippen LogP contribution >= 0.6 is 15.9 Å². The smallest absolute Gasteiger partial charge is 0.303 e. The number of halogens is 1. The molecule has 2 N–H and O–H groups in total. The van der Waals surface area contributed by atoms with Crippen LogP contribution in [0.25, 0.3) is 0 Å². The highest BCUT2D eigenvalue weighted by Crippen LogP contribution is 2.18. The molecule has 0 saturated carbocycles. The predicted octanol–water partition coefficient (Wildman–Crippen LogP) is 4.32. The van der Waals surface area contributed by atoms with Gasteiger partial charge in [0, 0.05) is 23.5 Å². The number of aliphatic carboxylic acids is 1. The fraction of sp³-hybridized carbons (Fsp3) is 0.316. The number of carbonyl (C=O) groups is 1. The fourth-order valence-corrected chi connectivity index (χ4v) is 2.91. The molecule has 2 aromatic carbocycles. The fourth-order valence-electron chi connectivity index (χ4n) is 2.48. The van der Waals surface area contributed by atoms with Crippen LogP contribution in [0.15, 0.2) is 53.0 Å². The average molecular weight is 376 g/mol. The second-order valence-corrected chi connectivity index (χ2v) is 6.64. The lowest BCUT2D eigenvalue weighted by atomic mass is 10.0. The van der Waals surface area contributed by atoms with E-state index in [-0.39, 0.29) is 12.5 Å². The second-order valence-electron chi connectivity index (χ2n) is 5.78. The third-order valence-electron chi connectivity index (χ3n) is 3.86. The molecular weight excluding hydrogens is 354 g/mol. The highest BCUT2D eigenvalue weighted by molar-refractivity contribution is 9.10. The summed E-state index contributed by atoms with van der Waals surface area (Å²) in [6.45, 7) is 2.79. The summed E-state index contributed by atoms with van der Waals surface area (Å²) < 4.78 is 1.10. The first-order valence-electron chi connectivity index (χ1n) is 7.78. The molecule has 2 aromatic rings. The Morgan fingerprint density at radius 2 is 1.91 bits per heavy atom. The van der Waals surface area contributed by atoms with Gasteiger partial charge in [0.25, 0.3) is 0 Å². The predicted molar refractivity (Wildman–Crippen MR) is 96.5 cm³/mol. The summed E-state index contributed by atoms with van der Waals surface area (Å²) in [4.78, 5) is 10.9. The van der Waals surface area contributed by atoms with Crippen molar-refractivity contribution in [1.29, 1.82) is 0 Å². The molecule has 0 saturated heterocycles. The van der Waals surface area contributed by atoms with Crippen LogP contribution in [-0.2, 0) is 17.8 Å². The quantitative estimate of drug-likeness (QED) is 0.721. The normalized spacial score (nSPS) is 12.1. The van der Waals surface area contributed by atoms with E-state index in [1.54, 1.807) is 0 Å². The van der Waals surface area contributed by atoms with Gasteiger partial charge in [0.05, 0.1) is 0 Å². The Kier molecular flexibility index (Phi) is 6.81. The molecule has 3 nitrogen and oxygen atoms in total. The third-order valence-corrected chi connectivity index (χ3v) is 4.72. The van der Waals surface area contributed by atoms with Gasteiger partial charge in [-0.2, -0.15) is 0 Å². The molecule has 1 unspecified atom stereocenters. The van der Waals surface area contributed by atoms with Gasteiger partial charge in [0.1, 0.15) is 0 Å². The maximum atomic E-state index is 10.9. The Balaban J connectivity index is 1.98. The molecule has 0 aliphatic carbocycles. The minimum absolute atomic E-state index is 0.147. The van der Waals surface area contributed by atoms with Crippen LogP contribution in [0, 0.1) is 6.92 Å². The summed E-state index contributed by atoms with van der Waals surface area (Å²) in [5, 5.41) is 12.4. The molecule has 122 valence electrons. The Morgan fingerprint density at radius 3 is 2.57 bits per heavy atom. The summed E-state index contributed by atoms with van der Waals surface area (Å²) in [6, 6.07) is 16.6. The zero-order valence-electron chi connectivity index (χ0n) is 13.3. The van der Waals surface area contributed by atoms with Crippen molar-refractivity contribution in [3.05, 3.63) is 69.7 Å². The monoisotopic (exact) mass is 375 g/mol. The van der Waals surface area contributed by atoms with Crippen molar-refractivity contribution in [1.82, 2.24) is 5.32 Å². The number of rotatable bonds is 8. The number of hydrogen-bond donors (Lipinski definition) is 2. The van der Waals surface area contributed by atoms with Gasteiger partial charge in [0.2, 0.25) is 0 Å². The first kappa shape index (κ1) is 17.7. The first-order chi connectivity index (χ1) is 11.0. The van der Waals surface area contributed by atoms with Gasteiger partial charge in [-0.05, 0) is 42.5 Å². The molecule has 2 rings (SSSR count). The molecule has 0 bridgehead atoms. The van der Waals surface area contributed by atoms with Crippen molar-refractivity contribution >= 4 is 21.9 Å². The maximum Gasteiger partial charge on any atom is 0.303 e. The lowest BCUT2D eigenvalue weighted by Crippen LogP contribution is -2.31. The van der Waals surface area contributed by atoms with E-state index in [1.165, 1.54) is 16.7 Å². The van der Waals surface area contributed by atoms with Crippen molar-refractivity contribution in [3.63, 3.8) is 0 Å². The van der Waals surface area contributed by atoms with Gasteiger partial charge in [-0.1, -0.05) is 58.4 Å². The van der Waals surface area contributed by atoms with Crippen LogP contribution in [0.3, 0.4) is 0 Å². The minimum Gasteiger partial charge on any atom is -0.481 e. The van der Waals surface area contributed by atoms with Crippen LogP contribution in [0.2, 0.25) is 0 Å². The van der Waals surface area contributed by atoms with Gasteiger partial charge < -0.3 is 10.4 Å². The number of aryl methyl sites for hydroxylation is 1. The van der Waals surface area contributed by atoms with E-state index in [2.05, 4.69) is 58.5 Å². The van der Waals surface area contributed by atoms with Crippen molar-refractivity contribution in [2.45, 2.75) is 38.8 Å². The van der Waals surface area contributed by atoms with Crippen molar-refractivity contribution < 1.29 is 9.90 Å². The molecule has 0 aliphatic heterocycles. The number of nitrogens with one attached hydrogen (secondary N) is 1. The van der Waals surface area contributed by atoms with Crippen LogP contribution in [0.1, 0.15) is 29.5 Å². The van der Waals surface area contributed by atoms with Crippen LogP contribution in [0.5, 0.6) is 0 Å². The SMILES string of the molecule is Cc1ccc(CNC(CCC(=O)O)Cc2ccccc2)cc1Br. The molecule has 0 heterocycles. The standard InChI is InChI=1S/C19H22BrNO2/c1-14-7-8-16(12-18(14)20)13-21-17(9-10-19(22)23)11-15-5-3-2-4-6-15/h2-8,12,17,21H,9-11,13H2,1H3,(H,22,23). The summed E-state index contributed by atoms with van der Waals surface area (Å²) >= 11 is 3.55. The summed E-state index contributed by atoms with van der Waals surface area (Å²) in [5.41, 5.74) is 3.62. The Morgan fingerprint density at radius 1 is 1.17 bits per heavy atom. The van der Waals surface area contributed by atoms with E-state index in [9.17, 15) is 4.79 Å². The molecule has 1 atom stereocenters. The Labute approximate surface area is 145 Å². The number of carboxylic acid groups (broad SMARTS) is 1. The molecule has 0 radical (unpaired) electrons. The van der Waals surface area contributed by atoms with Crippen LogP contribution in [-0.4, -0.2) is 17.1 Å². The molecule has 0 amide bonds. The highest BCUT2D eigenvalue weighted by atomic mass is 79.9. The van der Waals surface area contributed by atoms with E-state index in [1.807, 2.05) is 18.2 Å². The Bertz CT molecular complexity index is 643. The second kappa shape index (κ2) is 8.85. The van der Waals surface area contributed by atoms with Gasteiger partial charge >= 0.3 is 5.97 Å². The van der Waals surface area contributed by atoms with Gasteiger partial charge in [-0.15, -0.1) is 0 Å². The zero-order valence-corrected chi connectivity index (χ0v) is 14.8. The largest absolute Gasteiger partial charge is 0.481 e. The minimum atomic E-state index is -0.747. The number of carboxylic acids is 1. The highest BCUT2D eigenvalue weighted by Gasteiger charge is 2.12. The van der Waals surface area contributed by atoms with Crippen LogP contribution in [0.4, 0.5) is 0 Å². The first-order valence-corrected chi connectivity index (χ1v) is 8.58. The Hall–Kier alpha value is -1.65. The molecule has 0 aliphatic rings. The number of benzene rings is 2. The molecule has 0 aromatic heterocycles. The van der Waals surface area contributed by atoms with Crippen molar-refractivity contribution in [2.75, 3.05) is 0 Å². The molecule has 0 fully saturated rings.